The van der Waals surface area contributed by atoms with Crippen LogP contribution in [-0.4, -0.2) is 39.3 Å². The number of carboxylic acids is 1. The third-order valence-electron chi connectivity index (χ3n) is 2.42. The Balaban J connectivity index is 2.72. The smallest absolute Gasteiger partial charge is 0.358 e. The van der Waals surface area contributed by atoms with E-state index in [4.69, 9.17) is 10.2 Å². The summed E-state index contributed by atoms with van der Waals surface area (Å²) in [5.74, 6) is -0.855. The summed E-state index contributed by atoms with van der Waals surface area (Å²) in [7, 11) is 0. The lowest BCUT2D eigenvalue weighted by Crippen LogP contribution is -2.25. The second-order valence-corrected chi connectivity index (χ2v) is 4.55. The average molecular weight is 239 g/mol. The molecule has 6 nitrogen and oxygen atoms in total. The van der Waals surface area contributed by atoms with Crippen molar-refractivity contribution in [1.29, 1.82) is 0 Å². The maximum absolute atomic E-state index is 10.9. The first-order valence-corrected chi connectivity index (χ1v) is 5.35. The van der Waals surface area contributed by atoms with Gasteiger partial charge >= 0.3 is 5.97 Å². The van der Waals surface area contributed by atoms with Crippen molar-refractivity contribution in [3.05, 3.63) is 18.1 Å². The van der Waals surface area contributed by atoms with Crippen LogP contribution in [0.5, 0.6) is 0 Å². The Morgan fingerprint density at radius 3 is 2.65 bits per heavy atom. The molecule has 0 radical (unpaired) electrons. The first-order valence-electron chi connectivity index (χ1n) is 5.35. The SMILES string of the molecule is CC(C)(CCO)CNc1nccnc1C(=O)O. The molecule has 0 aromatic carbocycles. The highest BCUT2D eigenvalue weighted by atomic mass is 16.4. The van der Waals surface area contributed by atoms with Crippen molar-refractivity contribution >= 4 is 11.8 Å². The predicted molar refractivity (Wildman–Crippen MR) is 63.0 cm³/mol. The zero-order chi connectivity index (χ0) is 12.9. The lowest BCUT2D eigenvalue weighted by molar-refractivity contribution is 0.0691. The number of aromatic carboxylic acids is 1. The Hall–Kier alpha value is -1.69. The molecular formula is C11H17N3O3. The molecule has 0 spiro atoms. The number of aromatic nitrogens is 2. The highest BCUT2D eigenvalue weighted by Gasteiger charge is 2.19. The lowest BCUT2D eigenvalue weighted by atomic mass is 9.90. The molecule has 0 aliphatic rings. The van der Waals surface area contributed by atoms with Crippen LogP contribution in [0, 0.1) is 5.41 Å². The number of rotatable bonds is 6. The quantitative estimate of drug-likeness (QED) is 0.685. The molecule has 0 saturated heterocycles. The fourth-order valence-electron chi connectivity index (χ4n) is 1.34. The number of nitrogens with one attached hydrogen (secondary N) is 1. The normalized spacial score (nSPS) is 11.2. The molecule has 0 aliphatic carbocycles. The van der Waals surface area contributed by atoms with Crippen molar-refractivity contribution in [3.63, 3.8) is 0 Å². The number of carbonyl (C=O) groups is 1. The Kier molecular flexibility index (Phi) is 4.39. The van der Waals surface area contributed by atoms with E-state index in [-0.39, 0.29) is 23.5 Å². The van der Waals surface area contributed by atoms with Crippen molar-refractivity contribution in [2.75, 3.05) is 18.5 Å². The molecule has 0 atom stereocenters. The number of hydrogen-bond acceptors (Lipinski definition) is 5. The topological polar surface area (TPSA) is 95.3 Å². The van der Waals surface area contributed by atoms with Gasteiger partial charge in [0.15, 0.2) is 11.5 Å². The zero-order valence-corrected chi connectivity index (χ0v) is 9.97. The molecule has 0 unspecified atom stereocenters. The number of aliphatic hydroxyl groups is 1. The summed E-state index contributed by atoms with van der Waals surface area (Å²) >= 11 is 0. The van der Waals surface area contributed by atoms with Crippen LogP contribution in [0.1, 0.15) is 30.8 Å². The molecule has 0 amide bonds. The molecule has 6 heteroatoms. The molecule has 0 fully saturated rings. The number of hydrogen-bond donors (Lipinski definition) is 3. The van der Waals surface area contributed by atoms with Gasteiger partial charge in [0.1, 0.15) is 0 Å². The molecule has 1 aromatic rings. The van der Waals surface area contributed by atoms with Crippen LogP contribution in [0.2, 0.25) is 0 Å². The molecule has 17 heavy (non-hydrogen) atoms. The van der Waals surface area contributed by atoms with Gasteiger partial charge in [0.05, 0.1) is 0 Å². The average Bonchev–Trinajstić information content (AvgIpc) is 2.27. The van der Waals surface area contributed by atoms with Gasteiger partial charge in [-0.15, -0.1) is 0 Å². The molecule has 3 N–H and O–H groups in total. The van der Waals surface area contributed by atoms with Gasteiger partial charge in [-0.2, -0.15) is 0 Å². The summed E-state index contributed by atoms with van der Waals surface area (Å²) < 4.78 is 0. The van der Waals surface area contributed by atoms with Gasteiger partial charge in [-0.05, 0) is 11.8 Å². The van der Waals surface area contributed by atoms with Gasteiger partial charge in [0, 0.05) is 25.5 Å². The highest BCUT2D eigenvalue weighted by Crippen LogP contribution is 2.20. The van der Waals surface area contributed by atoms with Crippen LogP contribution >= 0.6 is 0 Å². The molecule has 0 bridgehead atoms. The molecule has 94 valence electrons. The van der Waals surface area contributed by atoms with Crippen LogP contribution in [0.3, 0.4) is 0 Å². The molecular weight excluding hydrogens is 222 g/mol. The van der Waals surface area contributed by atoms with Crippen molar-refractivity contribution < 1.29 is 15.0 Å². The van der Waals surface area contributed by atoms with Crippen molar-refractivity contribution in [3.8, 4) is 0 Å². The first-order chi connectivity index (χ1) is 7.96. The van der Waals surface area contributed by atoms with Gasteiger partial charge in [0.25, 0.3) is 0 Å². The van der Waals surface area contributed by atoms with Gasteiger partial charge in [-0.1, -0.05) is 13.8 Å². The van der Waals surface area contributed by atoms with Crippen LogP contribution in [0.25, 0.3) is 0 Å². The summed E-state index contributed by atoms with van der Waals surface area (Å²) in [6.07, 6.45) is 3.41. The van der Waals surface area contributed by atoms with E-state index in [2.05, 4.69) is 15.3 Å². The number of carboxylic acid groups (broad SMARTS) is 1. The fraction of sp³-hybridized carbons (Fsp3) is 0.545. The zero-order valence-electron chi connectivity index (χ0n) is 9.97. The van der Waals surface area contributed by atoms with E-state index in [1.807, 2.05) is 13.8 Å². The monoisotopic (exact) mass is 239 g/mol. The predicted octanol–water partition coefficient (Wildman–Crippen LogP) is 0.995. The van der Waals surface area contributed by atoms with Crippen LogP contribution in [0.4, 0.5) is 5.82 Å². The summed E-state index contributed by atoms with van der Waals surface area (Å²) in [5, 5.41) is 20.8. The van der Waals surface area contributed by atoms with Crippen molar-refractivity contribution in [2.24, 2.45) is 5.41 Å². The van der Waals surface area contributed by atoms with E-state index >= 15 is 0 Å². The van der Waals surface area contributed by atoms with Crippen LogP contribution in [0.15, 0.2) is 12.4 Å². The van der Waals surface area contributed by atoms with E-state index in [1.54, 1.807) is 0 Å². The second-order valence-electron chi connectivity index (χ2n) is 4.55. The van der Waals surface area contributed by atoms with E-state index in [9.17, 15) is 4.79 Å². The van der Waals surface area contributed by atoms with Gasteiger partial charge in [-0.25, -0.2) is 14.8 Å². The van der Waals surface area contributed by atoms with Crippen molar-refractivity contribution in [1.82, 2.24) is 9.97 Å². The lowest BCUT2D eigenvalue weighted by Gasteiger charge is -2.24. The highest BCUT2D eigenvalue weighted by molar-refractivity contribution is 5.90. The molecule has 0 aliphatic heterocycles. The van der Waals surface area contributed by atoms with E-state index in [0.717, 1.165) is 0 Å². The summed E-state index contributed by atoms with van der Waals surface area (Å²) in [4.78, 5) is 18.6. The van der Waals surface area contributed by atoms with Crippen LogP contribution < -0.4 is 5.32 Å². The standard InChI is InChI=1S/C11H17N3O3/c1-11(2,3-6-15)7-14-9-8(10(16)17)12-4-5-13-9/h4-5,15H,3,6-7H2,1-2H3,(H,13,14)(H,16,17). The third-order valence-corrected chi connectivity index (χ3v) is 2.42. The summed E-state index contributed by atoms with van der Waals surface area (Å²) in [6, 6.07) is 0. The summed E-state index contributed by atoms with van der Waals surface area (Å²) in [5.41, 5.74) is -0.227. The van der Waals surface area contributed by atoms with Crippen molar-refractivity contribution in [2.45, 2.75) is 20.3 Å². The minimum atomic E-state index is -1.11. The van der Waals surface area contributed by atoms with Gasteiger partial charge in [0.2, 0.25) is 0 Å². The van der Waals surface area contributed by atoms with Gasteiger partial charge in [-0.3, -0.25) is 0 Å². The van der Waals surface area contributed by atoms with Crippen LogP contribution in [-0.2, 0) is 0 Å². The minimum Gasteiger partial charge on any atom is -0.476 e. The fourth-order valence-corrected chi connectivity index (χ4v) is 1.34. The number of anilines is 1. The Labute approximate surface area is 99.7 Å². The second kappa shape index (κ2) is 5.58. The maximum atomic E-state index is 10.9. The molecule has 1 aromatic heterocycles. The van der Waals surface area contributed by atoms with E-state index in [1.165, 1.54) is 12.4 Å². The minimum absolute atomic E-state index is 0.0905. The van der Waals surface area contributed by atoms with E-state index in [0.29, 0.717) is 13.0 Å². The largest absolute Gasteiger partial charge is 0.476 e. The Bertz CT molecular complexity index is 393. The van der Waals surface area contributed by atoms with Gasteiger partial charge < -0.3 is 15.5 Å². The first kappa shape index (κ1) is 13.4. The maximum Gasteiger partial charge on any atom is 0.358 e. The Morgan fingerprint density at radius 2 is 2.06 bits per heavy atom. The molecule has 1 rings (SSSR count). The molecule has 0 saturated carbocycles. The number of nitrogens with zero attached hydrogens (tertiary/aromatic N) is 2. The van der Waals surface area contributed by atoms with E-state index < -0.39 is 5.97 Å². The Morgan fingerprint density at radius 1 is 1.41 bits per heavy atom. The summed E-state index contributed by atoms with van der Waals surface area (Å²) in [6.45, 7) is 4.58. The third kappa shape index (κ3) is 3.99. The molecule has 1 heterocycles. The number of aliphatic hydroxyl groups excluding tert-OH is 1.